The van der Waals surface area contributed by atoms with E-state index in [0.29, 0.717) is 0 Å². The Morgan fingerprint density at radius 1 is 1.47 bits per heavy atom. The molecule has 9 nitrogen and oxygen atoms in total. The highest BCUT2D eigenvalue weighted by atomic mass is 32.2. The lowest BCUT2D eigenvalue weighted by atomic mass is 10.6. The molecule has 0 aliphatic heterocycles. The van der Waals surface area contributed by atoms with E-state index in [4.69, 9.17) is 5.73 Å². The van der Waals surface area contributed by atoms with Crippen LogP contribution in [0.15, 0.2) is 11.1 Å². The van der Waals surface area contributed by atoms with Crippen molar-refractivity contribution in [1.29, 1.82) is 0 Å². The minimum atomic E-state index is -3.71. The van der Waals surface area contributed by atoms with E-state index in [1.165, 1.54) is 15.8 Å². The van der Waals surface area contributed by atoms with Crippen LogP contribution in [0.4, 0.5) is 10.6 Å². The Morgan fingerprint density at radius 3 is 2.58 bits per heavy atom. The van der Waals surface area contributed by atoms with E-state index in [1.807, 2.05) is 0 Å². The minimum Gasteiger partial charge on any atom is -0.381 e. The molecule has 0 saturated carbocycles. The van der Waals surface area contributed by atoms with E-state index in [2.05, 4.69) is 15.1 Å². The van der Waals surface area contributed by atoms with Crippen LogP contribution in [0.2, 0.25) is 0 Å². The Hall–Kier alpha value is -1.81. The summed E-state index contributed by atoms with van der Waals surface area (Å²) in [5.41, 5.74) is 5.49. The van der Waals surface area contributed by atoms with Crippen molar-refractivity contribution >= 4 is 21.9 Å². The van der Waals surface area contributed by atoms with Crippen LogP contribution in [-0.4, -0.2) is 56.3 Å². The summed E-state index contributed by atoms with van der Waals surface area (Å²) < 4.78 is 27.4. The number of aryl methyl sites for hydroxylation is 1. The van der Waals surface area contributed by atoms with E-state index >= 15 is 0 Å². The van der Waals surface area contributed by atoms with Gasteiger partial charge in [-0.15, -0.1) is 0 Å². The van der Waals surface area contributed by atoms with Crippen molar-refractivity contribution in [3.63, 3.8) is 0 Å². The zero-order valence-electron chi connectivity index (χ0n) is 11.0. The van der Waals surface area contributed by atoms with Gasteiger partial charge >= 0.3 is 6.03 Å². The van der Waals surface area contributed by atoms with Gasteiger partial charge in [0.1, 0.15) is 4.90 Å². The molecule has 0 fully saturated rings. The number of urea groups is 1. The molecule has 2 amide bonds. The molecule has 0 aliphatic rings. The number of hydrogen-bond donors (Lipinski definition) is 3. The second-order valence-corrected chi connectivity index (χ2v) is 5.81. The van der Waals surface area contributed by atoms with Gasteiger partial charge in [0.05, 0.1) is 0 Å². The second kappa shape index (κ2) is 5.89. The van der Waals surface area contributed by atoms with E-state index in [1.54, 1.807) is 21.1 Å². The summed E-state index contributed by atoms with van der Waals surface area (Å²) in [6.45, 7) is 0.243. The SMILES string of the molecule is CN(C)C(=O)NCCNS(=O)(=O)c1cn(C)nc1N. The maximum atomic E-state index is 11.9. The number of hydrogen-bond acceptors (Lipinski definition) is 5. The predicted molar refractivity (Wildman–Crippen MR) is 69.9 cm³/mol. The van der Waals surface area contributed by atoms with Crippen LogP contribution < -0.4 is 15.8 Å². The van der Waals surface area contributed by atoms with Crippen LogP contribution in [0.3, 0.4) is 0 Å². The average Bonchev–Trinajstić information content (AvgIpc) is 2.64. The third kappa shape index (κ3) is 4.10. The number of nitrogens with two attached hydrogens (primary N) is 1. The molecular formula is C9H18N6O3S. The fourth-order valence-electron chi connectivity index (χ4n) is 1.28. The maximum absolute atomic E-state index is 11.9. The van der Waals surface area contributed by atoms with Crippen molar-refractivity contribution in [2.45, 2.75) is 4.90 Å². The van der Waals surface area contributed by atoms with E-state index < -0.39 is 10.0 Å². The number of nitrogens with one attached hydrogen (secondary N) is 2. The Kier molecular flexibility index (Phi) is 4.72. The van der Waals surface area contributed by atoms with Gasteiger partial charge < -0.3 is 16.0 Å². The number of nitrogen functional groups attached to an aromatic ring is 1. The van der Waals surface area contributed by atoms with Crippen molar-refractivity contribution in [3.05, 3.63) is 6.20 Å². The molecule has 1 rings (SSSR count). The van der Waals surface area contributed by atoms with Gasteiger partial charge in [0.2, 0.25) is 10.0 Å². The molecule has 108 valence electrons. The molecule has 0 spiro atoms. The Bertz CT molecular complexity index is 550. The Labute approximate surface area is 111 Å². The monoisotopic (exact) mass is 290 g/mol. The lowest BCUT2D eigenvalue weighted by molar-refractivity contribution is 0.217. The summed E-state index contributed by atoms with van der Waals surface area (Å²) in [6.07, 6.45) is 1.32. The summed E-state index contributed by atoms with van der Waals surface area (Å²) in [4.78, 5) is 12.5. The normalized spacial score (nSPS) is 11.3. The van der Waals surface area contributed by atoms with Crippen LogP contribution in [0, 0.1) is 0 Å². The van der Waals surface area contributed by atoms with Crippen molar-refractivity contribution in [2.75, 3.05) is 32.9 Å². The van der Waals surface area contributed by atoms with Gasteiger partial charge in [-0.2, -0.15) is 5.10 Å². The van der Waals surface area contributed by atoms with Crippen molar-refractivity contribution in [3.8, 4) is 0 Å². The van der Waals surface area contributed by atoms with Crippen molar-refractivity contribution in [1.82, 2.24) is 24.7 Å². The Morgan fingerprint density at radius 2 is 2.11 bits per heavy atom. The van der Waals surface area contributed by atoms with Gasteiger partial charge in [-0.3, -0.25) is 4.68 Å². The van der Waals surface area contributed by atoms with Crippen LogP contribution in [0.1, 0.15) is 0 Å². The zero-order chi connectivity index (χ0) is 14.6. The fraction of sp³-hybridized carbons (Fsp3) is 0.556. The molecule has 1 heterocycles. The lowest BCUT2D eigenvalue weighted by Gasteiger charge is -2.12. The molecular weight excluding hydrogens is 272 g/mol. The highest BCUT2D eigenvalue weighted by Crippen LogP contribution is 2.14. The van der Waals surface area contributed by atoms with Gasteiger partial charge in [0.25, 0.3) is 0 Å². The number of nitrogens with zero attached hydrogens (tertiary/aromatic N) is 3. The number of amides is 2. The number of sulfonamides is 1. The third-order valence-electron chi connectivity index (χ3n) is 2.21. The molecule has 4 N–H and O–H groups in total. The number of carbonyl (C=O) groups excluding carboxylic acids is 1. The Balaban J connectivity index is 2.53. The number of rotatable bonds is 5. The molecule has 1 aromatic heterocycles. The molecule has 0 aliphatic carbocycles. The first-order valence-electron chi connectivity index (χ1n) is 5.48. The van der Waals surface area contributed by atoms with Crippen LogP contribution in [0.25, 0.3) is 0 Å². The van der Waals surface area contributed by atoms with E-state index in [-0.39, 0.29) is 29.8 Å². The van der Waals surface area contributed by atoms with Crippen molar-refractivity contribution < 1.29 is 13.2 Å². The number of anilines is 1. The molecule has 0 unspecified atom stereocenters. The fourth-order valence-corrected chi connectivity index (χ4v) is 2.42. The molecule has 0 aromatic carbocycles. The average molecular weight is 290 g/mol. The molecule has 19 heavy (non-hydrogen) atoms. The van der Waals surface area contributed by atoms with Crippen LogP contribution in [0.5, 0.6) is 0 Å². The van der Waals surface area contributed by atoms with Gasteiger partial charge in [-0.1, -0.05) is 0 Å². The van der Waals surface area contributed by atoms with Gasteiger partial charge in [-0.05, 0) is 0 Å². The van der Waals surface area contributed by atoms with Crippen LogP contribution >= 0.6 is 0 Å². The highest BCUT2D eigenvalue weighted by molar-refractivity contribution is 7.89. The van der Waals surface area contributed by atoms with E-state index in [0.717, 1.165) is 0 Å². The summed E-state index contributed by atoms with van der Waals surface area (Å²) in [6, 6.07) is -0.292. The van der Waals surface area contributed by atoms with Gasteiger partial charge in [-0.25, -0.2) is 17.9 Å². The summed E-state index contributed by atoms with van der Waals surface area (Å²) >= 11 is 0. The summed E-state index contributed by atoms with van der Waals surface area (Å²) in [5, 5.41) is 6.29. The maximum Gasteiger partial charge on any atom is 0.316 e. The molecule has 10 heteroatoms. The standard InChI is InChI=1S/C9H18N6O3S/c1-14(2)9(16)11-4-5-12-19(17,18)7-6-15(3)13-8(7)10/h6,12H,4-5H2,1-3H3,(H2,10,13)(H,11,16). The largest absolute Gasteiger partial charge is 0.381 e. The smallest absolute Gasteiger partial charge is 0.316 e. The number of aromatic nitrogens is 2. The van der Waals surface area contributed by atoms with Gasteiger partial charge in [0.15, 0.2) is 5.82 Å². The predicted octanol–water partition coefficient (Wildman–Crippen LogP) is -1.45. The molecule has 0 atom stereocenters. The highest BCUT2D eigenvalue weighted by Gasteiger charge is 2.19. The zero-order valence-corrected chi connectivity index (χ0v) is 11.9. The van der Waals surface area contributed by atoms with Crippen molar-refractivity contribution in [2.24, 2.45) is 7.05 Å². The first kappa shape index (κ1) is 15.2. The minimum absolute atomic E-state index is 0.0627. The van der Waals surface area contributed by atoms with Gasteiger partial charge in [0, 0.05) is 40.4 Å². The molecule has 0 saturated heterocycles. The lowest BCUT2D eigenvalue weighted by Crippen LogP contribution is -2.39. The quantitative estimate of drug-likeness (QED) is 0.573. The second-order valence-electron chi connectivity index (χ2n) is 4.08. The molecule has 1 aromatic rings. The summed E-state index contributed by atoms with van der Waals surface area (Å²) in [7, 11) is 1.05. The first-order valence-corrected chi connectivity index (χ1v) is 6.96. The van der Waals surface area contributed by atoms with E-state index in [9.17, 15) is 13.2 Å². The topological polar surface area (TPSA) is 122 Å². The molecule has 0 bridgehead atoms. The summed E-state index contributed by atoms with van der Waals surface area (Å²) in [5.74, 6) is -0.0627. The van der Waals surface area contributed by atoms with Crippen LogP contribution in [-0.2, 0) is 17.1 Å². The third-order valence-corrected chi connectivity index (χ3v) is 3.69. The first-order chi connectivity index (χ1) is 8.74. The molecule has 0 radical (unpaired) electrons. The number of carbonyl (C=O) groups is 1.